The zero-order chi connectivity index (χ0) is 26.5. The summed E-state index contributed by atoms with van der Waals surface area (Å²) < 4.78 is 18.5. The molecule has 3 aromatic carbocycles. The highest BCUT2D eigenvalue weighted by Gasteiger charge is 2.54. The third-order valence-corrected chi connectivity index (χ3v) is 12.2. The molecule has 3 atom stereocenters. The molecule has 0 saturated heterocycles. The van der Waals surface area contributed by atoms with E-state index in [0.29, 0.717) is 24.0 Å². The summed E-state index contributed by atoms with van der Waals surface area (Å²) in [6.07, 6.45) is -0.399. The molecule has 1 aliphatic carbocycles. The van der Waals surface area contributed by atoms with E-state index in [4.69, 9.17) is 13.9 Å². The second-order valence-electron chi connectivity index (χ2n) is 10.4. The molecule has 3 aromatic rings. The van der Waals surface area contributed by atoms with Crippen LogP contribution in [0.4, 0.5) is 0 Å². The maximum absolute atomic E-state index is 12.7. The molecule has 0 aromatic heterocycles. The van der Waals surface area contributed by atoms with E-state index in [0.717, 1.165) is 10.4 Å². The molecule has 37 heavy (non-hydrogen) atoms. The number of carbonyl (C=O) groups is 2. The first kappa shape index (κ1) is 26.6. The van der Waals surface area contributed by atoms with Gasteiger partial charge in [-0.05, 0) is 33.1 Å². The molecule has 0 heterocycles. The number of carbonyl (C=O) groups excluding carboxylic acids is 2. The van der Waals surface area contributed by atoms with Gasteiger partial charge in [-0.15, -0.1) is 0 Å². The standard InChI is InChI=1S/C31H34O5Si/c1-23-27(21-34-30(33)24-14-8-5-9-15-24)29(20-28(23)35-22-32)36-37(31(2,3)4,25-16-10-6-11-17-25)26-18-12-7-13-19-26/h5-19,22,27-29H,1,20-21H2,2-4H3. The Kier molecular flexibility index (Phi) is 8.10. The Morgan fingerprint density at radius 2 is 1.43 bits per heavy atom. The average Bonchev–Trinajstić information content (AvgIpc) is 3.20. The topological polar surface area (TPSA) is 61.8 Å². The quantitative estimate of drug-likeness (QED) is 0.176. The zero-order valence-electron chi connectivity index (χ0n) is 21.6. The van der Waals surface area contributed by atoms with Crippen molar-refractivity contribution in [3.63, 3.8) is 0 Å². The highest BCUT2D eigenvalue weighted by Crippen LogP contribution is 2.43. The molecule has 0 radical (unpaired) electrons. The summed E-state index contributed by atoms with van der Waals surface area (Å²) in [5, 5.41) is 2.07. The van der Waals surface area contributed by atoms with Crippen LogP contribution >= 0.6 is 0 Å². The van der Waals surface area contributed by atoms with E-state index in [1.807, 2.05) is 42.5 Å². The first-order valence-corrected chi connectivity index (χ1v) is 14.5. The molecule has 1 fully saturated rings. The molecule has 5 nitrogen and oxygen atoms in total. The predicted molar refractivity (Wildman–Crippen MR) is 147 cm³/mol. The average molecular weight is 515 g/mol. The Morgan fingerprint density at radius 3 is 1.92 bits per heavy atom. The van der Waals surface area contributed by atoms with Crippen molar-refractivity contribution in [2.45, 2.75) is 44.4 Å². The minimum Gasteiger partial charge on any atom is -0.461 e. The second-order valence-corrected chi connectivity index (χ2v) is 14.7. The summed E-state index contributed by atoms with van der Waals surface area (Å²) in [4.78, 5) is 24.0. The Morgan fingerprint density at radius 1 is 0.919 bits per heavy atom. The van der Waals surface area contributed by atoms with Crippen LogP contribution in [-0.4, -0.2) is 39.6 Å². The lowest BCUT2D eigenvalue weighted by molar-refractivity contribution is -0.132. The van der Waals surface area contributed by atoms with Gasteiger partial charge >= 0.3 is 5.97 Å². The number of hydrogen-bond acceptors (Lipinski definition) is 5. The molecular weight excluding hydrogens is 480 g/mol. The molecule has 0 spiro atoms. The smallest absolute Gasteiger partial charge is 0.338 e. The number of hydrogen-bond donors (Lipinski definition) is 0. The van der Waals surface area contributed by atoms with Crippen molar-refractivity contribution in [2.24, 2.45) is 5.92 Å². The van der Waals surface area contributed by atoms with Crippen LogP contribution < -0.4 is 10.4 Å². The molecule has 1 saturated carbocycles. The number of ether oxygens (including phenoxy) is 2. The van der Waals surface area contributed by atoms with E-state index >= 15 is 0 Å². The normalized spacial score (nSPS) is 19.9. The SMILES string of the molecule is C=C1C(OC=O)CC(O[Si](c2ccccc2)(c2ccccc2)C(C)(C)C)C1COC(=O)c1ccccc1. The minimum atomic E-state index is -2.88. The van der Waals surface area contributed by atoms with Crippen molar-refractivity contribution in [3.8, 4) is 0 Å². The molecule has 0 aliphatic heterocycles. The zero-order valence-corrected chi connectivity index (χ0v) is 22.6. The minimum absolute atomic E-state index is 0.0914. The second kappa shape index (κ2) is 11.3. The summed E-state index contributed by atoms with van der Waals surface area (Å²) in [7, 11) is -2.88. The van der Waals surface area contributed by atoms with Crippen LogP contribution in [0.2, 0.25) is 5.04 Å². The third-order valence-electron chi connectivity index (χ3n) is 7.15. The van der Waals surface area contributed by atoms with Gasteiger partial charge in [-0.2, -0.15) is 0 Å². The van der Waals surface area contributed by atoms with E-state index in [-0.39, 0.29) is 23.7 Å². The lowest BCUT2D eigenvalue weighted by Crippen LogP contribution is -2.68. The van der Waals surface area contributed by atoms with Crippen LogP contribution in [0.5, 0.6) is 0 Å². The fourth-order valence-electron chi connectivity index (χ4n) is 5.30. The third kappa shape index (κ3) is 5.45. The molecule has 6 heteroatoms. The molecule has 192 valence electrons. The Balaban J connectivity index is 1.72. The van der Waals surface area contributed by atoms with Crippen molar-refractivity contribution in [2.75, 3.05) is 6.61 Å². The fraction of sp³-hybridized carbons (Fsp3) is 0.290. The van der Waals surface area contributed by atoms with Gasteiger partial charge in [-0.1, -0.05) is 106 Å². The van der Waals surface area contributed by atoms with Gasteiger partial charge in [0.15, 0.2) is 0 Å². The van der Waals surface area contributed by atoms with Gasteiger partial charge in [0.2, 0.25) is 0 Å². The highest BCUT2D eigenvalue weighted by atomic mass is 28.4. The Bertz CT molecular complexity index is 1170. The van der Waals surface area contributed by atoms with Gasteiger partial charge in [0.25, 0.3) is 14.8 Å². The number of esters is 1. The van der Waals surface area contributed by atoms with E-state index in [1.165, 1.54) is 0 Å². The summed E-state index contributed by atoms with van der Waals surface area (Å²) in [6.45, 7) is 11.4. The van der Waals surface area contributed by atoms with Gasteiger partial charge in [0.1, 0.15) is 12.7 Å². The summed E-state index contributed by atoms with van der Waals surface area (Å²) >= 11 is 0. The molecule has 4 rings (SSSR count). The molecule has 0 amide bonds. The molecular formula is C31H34O5Si. The van der Waals surface area contributed by atoms with Crippen molar-refractivity contribution < 1.29 is 23.5 Å². The van der Waals surface area contributed by atoms with Crippen LogP contribution in [0.25, 0.3) is 0 Å². The monoisotopic (exact) mass is 514 g/mol. The van der Waals surface area contributed by atoms with E-state index in [1.54, 1.807) is 24.3 Å². The first-order valence-electron chi connectivity index (χ1n) is 12.6. The summed E-state index contributed by atoms with van der Waals surface area (Å²) in [5.74, 6) is -0.725. The fourth-order valence-corrected chi connectivity index (χ4v) is 10.0. The predicted octanol–water partition coefficient (Wildman–Crippen LogP) is 4.91. The maximum Gasteiger partial charge on any atom is 0.338 e. The Labute approximate surface area is 220 Å². The van der Waals surface area contributed by atoms with Gasteiger partial charge < -0.3 is 13.9 Å². The Hall–Kier alpha value is -3.48. The molecule has 3 unspecified atom stereocenters. The highest BCUT2D eigenvalue weighted by molar-refractivity contribution is 6.99. The first-order chi connectivity index (χ1) is 17.8. The largest absolute Gasteiger partial charge is 0.461 e. The van der Waals surface area contributed by atoms with Crippen molar-refractivity contribution in [3.05, 3.63) is 109 Å². The van der Waals surface area contributed by atoms with Crippen LogP contribution in [0.3, 0.4) is 0 Å². The van der Waals surface area contributed by atoms with E-state index in [9.17, 15) is 9.59 Å². The van der Waals surface area contributed by atoms with Crippen molar-refractivity contribution in [1.82, 2.24) is 0 Å². The van der Waals surface area contributed by atoms with Crippen molar-refractivity contribution in [1.29, 1.82) is 0 Å². The van der Waals surface area contributed by atoms with Crippen LogP contribution in [0.15, 0.2) is 103 Å². The number of benzene rings is 3. The lowest BCUT2D eigenvalue weighted by atomic mass is 10.0. The van der Waals surface area contributed by atoms with Gasteiger partial charge in [0.05, 0.1) is 11.7 Å². The van der Waals surface area contributed by atoms with E-state index in [2.05, 4.69) is 51.6 Å². The summed E-state index contributed by atoms with van der Waals surface area (Å²) in [6, 6.07) is 29.6. The van der Waals surface area contributed by atoms with E-state index < -0.39 is 20.4 Å². The molecule has 0 N–H and O–H groups in total. The summed E-state index contributed by atoms with van der Waals surface area (Å²) in [5.41, 5.74) is 1.19. The van der Waals surface area contributed by atoms with Gasteiger partial charge in [-0.3, -0.25) is 4.79 Å². The van der Waals surface area contributed by atoms with Crippen LogP contribution in [0.1, 0.15) is 37.6 Å². The van der Waals surface area contributed by atoms with Crippen molar-refractivity contribution >= 4 is 31.1 Å². The van der Waals surface area contributed by atoms with Gasteiger partial charge in [0, 0.05) is 12.3 Å². The van der Waals surface area contributed by atoms with Crippen LogP contribution in [-0.2, 0) is 18.7 Å². The number of rotatable bonds is 9. The molecule has 1 aliphatic rings. The van der Waals surface area contributed by atoms with Crippen LogP contribution in [0, 0.1) is 5.92 Å². The van der Waals surface area contributed by atoms with Gasteiger partial charge in [-0.25, -0.2) is 4.79 Å². The lowest BCUT2D eigenvalue weighted by Gasteiger charge is -2.45. The molecule has 0 bridgehead atoms. The maximum atomic E-state index is 12.7.